The topological polar surface area (TPSA) is 72.0 Å². The first-order valence-electron chi connectivity index (χ1n) is 17.7. The van der Waals surface area contributed by atoms with E-state index in [2.05, 4.69) is 130 Å². The van der Waals surface area contributed by atoms with E-state index in [-0.39, 0.29) is 43.1 Å². The summed E-state index contributed by atoms with van der Waals surface area (Å²) in [5.74, 6) is 0.513. The van der Waals surface area contributed by atoms with Crippen LogP contribution in [0.3, 0.4) is 0 Å². The fourth-order valence-corrected chi connectivity index (χ4v) is 7.15. The zero-order valence-electron chi connectivity index (χ0n) is 31.7. The first-order valence-corrected chi connectivity index (χ1v) is 17.7. The van der Waals surface area contributed by atoms with Gasteiger partial charge in [-0.25, -0.2) is 4.98 Å². The van der Waals surface area contributed by atoms with Gasteiger partial charge in [0.2, 0.25) is 5.89 Å². The summed E-state index contributed by atoms with van der Waals surface area (Å²) in [4.78, 5) is 14.7. The zero-order chi connectivity index (χ0) is 36.5. The van der Waals surface area contributed by atoms with Gasteiger partial charge in [0.05, 0.1) is 22.1 Å². The van der Waals surface area contributed by atoms with E-state index in [1.54, 1.807) is 18.5 Å². The number of oxazole rings is 1. The standard InChI is InChI=1S/C46H46N3O2.Pt/c1-27-20-29(22-30(21-27)35-26-37(45(6,7)8)28(2)40-42(35)48-19-18-47-40)34-24-33(46(9,10)31-14-12-11-13-15-31)25-39-41(34)49-43(51-39)36-23-32(44(3,4)5)16-17-38(36)50;/h11-21,23-26,50H,1-10H3;/q-1;. The minimum atomic E-state index is -0.345. The first kappa shape index (κ1) is 37.2. The minimum absolute atomic E-state index is 0. The average molecular weight is 868 g/mol. The summed E-state index contributed by atoms with van der Waals surface area (Å²) in [5.41, 5.74) is 13.8. The van der Waals surface area contributed by atoms with Crippen molar-refractivity contribution in [2.24, 2.45) is 0 Å². The average Bonchev–Trinajstić information content (AvgIpc) is 3.51. The van der Waals surface area contributed by atoms with Crippen LogP contribution in [-0.2, 0) is 37.3 Å². The molecule has 0 fully saturated rings. The molecule has 0 spiro atoms. The molecule has 268 valence electrons. The van der Waals surface area contributed by atoms with Crippen molar-refractivity contribution < 1.29 is 30.6 Å². The van der Waals surface area contributed by atoms with Gasteiger partial charge in [-0.1, -0.05) is 122 Å². The van der Waals surface area contributed by atoms with E-state index in [9.17, 15) is 5.11 Å². The van der Waals surface area contributed by atoms with Crippen LogP contribution in [0.15, 0.2) is 95.7 Å². The maximum absolute atomic E-state index is 11.1. The number of nitrogens with zero attached hydrogens (tertiary/aromatic N) is 3. The van der Waals surface area contributed by atoms with E-state index in [0.29, 0.717) is 17.0 Å². The molecule has 7 aromatic rings. The number of fused-ring (bicyclic) bond motifs is 2. The predicted molar refractivity (Wildman–Crippen MR) is 209 cm³/mol. The normalized spacial score (nSPS) is 12.3. The van der Waals surface area contributed by atoms with Crippen molar-refractivity contribution in [1.29, 1.82) is 0 Å². The summed E-state index contributed by atoms with van der Waals surface area (Å²) in [7, 11) is 0. The van der Waals surface area contributed by atoms with Crippen LogP contribution in [0.25, 0.3) is 55.8 Å². The number of aryl methyl sites for hydroxylation is 2. The Kier molecular flexibility index (Phi) is 9.59. The summed E-state index contributed by atoms with van der Waals surface area (Å²) >= 11 is 0. The van der Waals surface area contributed by atoms with Crippen LogP contribution in [-0.4, -0.2) is 20.1 Å². The largest absolute Gasteiger partial charge is 0.507 e. The van der Waals surface area contributed by atoms with Crippen LogP contribution in [0.2, 0.25) is 0 Å². The van der Waals surface area contributed by atoms with Crippen molar-refractivity contribution in [3.05, 3.63) is 131 Å². The number of phenols is 1. The second-order valence-electron chi connectivity index (χ2n) is 16.4. The number of hydrogen-bond acceptors (Lipinski definition) is 5. The van der Waals surface area contributed by atoms with Gasteiger partial charge in [-0.3, -0.25) is 9.97 Å². The molecule has 0 atom stereocenters. The molecule has 0 aliphatic rings. The van der Waals surface area contributed by atoms with Crippen LogP contribution in [0.5, 0.6) is 5.75 Å². The van der Waals surface area contributed by atoms with Crippen molar-refractivity contribution in [3.8, 4) is 39.5 Å². The van der Waals surface area contributed by atoms with Gasteiger partial charge in [-0.15, -0.1) is 34.9 Å². The maximum atomic E-state index is 11.1. The Balaban J connectivity index is 0.00000464. The van der Waals surface area contributed by atoms with Gasteiger partial charge < -0.3 is 9.52 Å². The van der Waals surface area contributed by atoms with Gasteiger partial charge in [0.15, 0.2) is 0 Å². The van der Waals surface area contributed by atoms with Gasteiger partial charge in [-0.05, 0) is 63.8 Å². The number of aromatic hydroxyl groups is 1. The molecule has 1 N–H and O–H groups in total. The second kappa shape index (κ2) is 13.4. The van der Waals surface area contributed by atoms with Crippen molar-refractivity contribution in [3.63, 3.8) is 0 Å². The van der Waals surface area contributed by atoms with Crippen LogP contribution < -0.4 is 0 Å². The molecule has 0 amide bonds. The molecule has 0 saturated heterocycles. The molecule has 0 unspecified atom stereocenters. The summed E-state index contributed by atoms with van der Waals surface area (Å²) in [6.07, 6.45) is 3.53. The van der Waals surface area contributed by atoms with Gasteiger partial charge in [0, 0.05) is 38.9 Å². The molecule has 2 aromatic heterocycles. The Hall–Kier alpha value is -4.60. The summed E-state index contributed by atoms with van der Waals surface area (Å²) in [6, 6.07) is 31.0. The minimum Gasteiger partial charge on any atom is -0.507 e. The summed E-state index contributed by atoms with van der Waals surface area (Å²) < 4.78 is 6.60. The second-order valence-corrected chi connectivity index (χ2v) is 16.4. The molecule has 52 heavy (non-hydrogen) atoms. The van der Waals surface area contributed by atoms with Crippen molar-refractivity contribution in [2.75, 3.05) is 0 Å². The molecule has 2 heterocycles. The molecule has 5 aromatic carbocycles. The SMILES string of the molecule is Cc1cc(-c2cc(C(C)(C)c3ccccc3)cc3oc(-c4cc(C(C)(C)C)ccc4O)nc23)[c-]c(-c2cc(C(C)(C)C)c(C)c3nccnc23)c1.[Pt]. The van der Waals surface area contributed by atoms with Gasteiger partial charge in [-0.2, -0.15) is 0 Å². The van der Waals surface area contributed by atoms with E-state index in [1.165, 1.54) is 11.1 Å². The molecule has 0 radical (unpaired) electrons. The molecule has 0 aliphatic heterocycles. The number of rotatable bonds is 5. The summed E-state index contributed by atoms with van der Waals surface area (Å²) in [5, 5.41) is 11.1. The Morgan fingerprint density at radius 2 is 1.23 bits per heavy atom. The fourth-order valence-electron chi connectivity index (χ4n) is 7.15. The molecule has 0 saturated carbocycles. The molecule has 0 bridgehead atoms. The van der Waals surface area contributed by atoms with Crippen LogP contribution >= 0.6 is 0 Å². The Labute approximate surface area is 321 Å². The summed E-state index contributed by atoms with van der Waals surface area (Å²) in [6.45, 7) is 21.9. The number of hydrogen-bond donors (Lipinski definition) is 1. The molecule has 5 nitrogen and oxygen atoms in total. The van der Waals surface area contributed by atoms with Gasteiger partial charge in [0.25, 0.3) is 0 Å². The number of aromatic nitrogens is 3. The van der Waals surface area contributed by atoms with E-state index in [0.717, 1.165) is 61.1 Å². The third-order valence-corrected chi connectivity index (χ3v) is 10.2. The van der Waals surface area contributed by atoms with Crippen molar-refractivity contribution in [2.45, 2.75) is 85.5 Å². The monoisotopic (exact) mass is 867 g/mol. The van der Waals surface area contributed by atoms with Crippen LogP contribution in [0, 0.1) is 19.9 Å². The van der Waals surface area contributed by atoms with Crippen molar-refractivity contribution >= 4 is 22.1 Å². The molecular formula is C46H46N3O2Pt-. The molecule has 7 rings (SSSR count). The maximum Gasteiger partial charge on any atom is 0.230 e. The Morgan fingerprint density at radius 3 is 1.87 bits per heavy atom. The van der Waals surface area contributed by atoms with Gasteiger partial charge >= 0.3 is 0 Å². The quantitative estimate of drug-likeness (QED) is 0.175. The molecule has 0 aliphatic carbocycles. The van der Waals surface area contributed by atoms with E-state index >= 15 is 0 Å². The van der Waals surface area contributed by atoms with E-state index < -0.39 is 0 Å². The van der Waals surface area contributed by atoms with Crippen molar-refractivity contribution in [1.82, 2.24) is 15.0 Å². The smallest absolute Gasteiger partial charge is 0.230 e. The number of benzene rings is 5. The number of phenolic OH excluding ortho intramolecular Hbond substituents is 1. The third kappa shape index (κ3) is 6.72. The van der Waals surface area contributed by atoms with Gasteiger partial charge in [0.1, 0.15) is 11.3 Å². The van der Waals surface area contributed by atoms with E-state index in [1.807, 2.05) is 18.2 Å². The molecular weight excluding hydrogens is 822 g/mol. The van der Waals surface area contributed by atoms with Crippen LogP contribution in [0.4, 0.5) is 0 Å². The zero-order valence-corrected chi connectivity index (χ0v) is 33.9. The third-order valence-electron chi connectivity index (χ3n) is 10.2. The van der Waals surface area contributed by atoms with Crippen LogP contribution in [0.1, 0.15) is 88.8 Å². The van der Waals surface area contributed by atoms with E-state index in [4.69, 9.17) is 19.4 Å². The molecule has 6 heteroatoms. The fraction of sp³-hybridized carbons (Fsp3) is 0.283. The Bertz CT molecular complexity index is 2450. The first-order chi connectivity index (χ1) is 24.0. The Morgan fingerprint density at radius 1 is 0.615 bits per heavy atom. The predicted octanol–water partition coefficient (Wildman–Crippen LogP) is 11.8.